The number of nitrogens with zero attached hydrogens (tertiary/aromatic N) is 1. The fourth-order valence-corrected chi connectivity index (χ4v) is 2.88. The third kappa shape index (κ3) is 2.61. The number of hydrogen-bond acceptors (Lipinski definition) is 3. The van der Waals surface area contributed by atoms with Crippen LogP contribution in [-0.2, 0) is 6.54 Å². The van der Waals surface area contributed by atoms with Crippen LogP contribution in [0.4, 0.5) is 0 Å². The van der Waals surface area contributed by atoms with E-state index in [4.69, 9.17) is 4.74 Å². The Morgan fingerprint density at radius 3 is 2.83 bits per heavy atom. The van der Waals surface area contributed by atoms with Crippen molar-refractivity contribution in [2.24, 2.45) is 0 Å². The number of hydrogen-bond donors (Lipinski definition) is 1. The molecule has 1 heterocycles. The zero-order valence-electron chi connectivity index (χ0n) is 11.5. The van der Waals surface area contributed by atoms with Gasteiger partial charge in [-0.2, -0.15) is 0 Å². The first-order valence-electron chi connectivity index (χ1n) is 6.77. The second kappa shape index (κ2) is 5.61. The summed E-state index contributed by atoms with van der Waals surface area (Å²) in [7, 11) is 1.59. The molecule has 0 radical (unpaired) electrons. The molecule has 1 saturated heterocycles. The van der Waals surface area contributed by atoms with Gasteiger partial charge in [0.05, 0.1) is 7.11 Å². The SMILES string of the molecule is CCC1CCC(C)N1Cc1ccc(O)c(OC)c1. The number of phenols is 1. The number of likely N-dealkylation sites (tertiary alicyclic amines) is 1. The Labute approximate surface area is 109 Å². The standard InChI is InChI=1S/C15H23NO2/c1-4-13-7-5-11(2)16(13)10-12-6-8-14(17)15(9-12)18-3/h6,8-9,11,13,17H,4-5,7,10H2,1-3H3. The van der Waals surface area contributed by atoms with Gasteiger partial charge in [-0.25, -0.2) is 0 Å². The molecule has 1 aliphatic rings. The highest BCUT2D eigenvalue weighted by Crippen LogP contribution is 2.31. The summed E-state index contributed by atoms with van der Waals surface area (Å²) in [6, 6.07) is 6.98. The Morgan fingerprint density at radius 1 is 1.39 bits per heavy atom. The third-order valence-corrected chi connectivity index (χ3v) is 4.03. The molecule has 1 aromatic carbocycles. The molecule has 3 nitrogen and oxygen atoms in total. The lowest BCUT2D eigenvalue weighted by Gasteiger charge is -2.27. The van der Waals surface area contributed by atoms with Crippen molar-refractivity contribution in [1.29, 1.82) is 0 Å². The molecule has 1 N–H and O–H groups in total. The van der Waals surface area contributed by atoms with Crippen LogP contribution in [0.5, 0.6) is 11.5 Å². The van der Waals surface area contributed by atoms with Gasteiger partial charge in [0, 0.05) is 18.6 Å². The molecule has 0 aromatic heterocycles. The average Bonchev–Trinajstić information content (AvgIpc) is 2.73. The van der Waals surface area contributed by atoms with Gasteiger partial charge in [0.15, 0.2) is 11.5 Å². The van der Waals surface area contributed by atoms with Crippen molar-refractivity contribution in [3.8, 4) is 11.5 Å². The monoisotopic (exact) mass is 249 g/mol. The topological polar surface area (TPSA) is 32.7 Å². The van der Waals surface area contributed by atoms with Crippen molar-refractivity contribution in [2.75, 3.05) is 7.11 Å². The molecule has 2 unspecified atom stereocenters. The van der Waals surface area contributed by atoms with E-state index in [2.05, 4.69) is 18.7 Å². The highest BCUT2D eigenvalue weighted by molar-refractivity contribution is 5.41. The molecule has 0 amide bonds. The zero-order valence-corrected chi connectivity index (χ0v) is 11.5. The predicted octanol–water partition coefficient (Wildman–Crippen LogP) is 3.16. The molecule has 1 fully saturated rings. The van der Waals surface area contributed by atoms with E-state index in [0.29, 0.717) is 17.8 Å². The Hall–Kier alpha value is -1.22. The number of aromatic hydroxyl groups is 1. The molecule has 0 aliphatic carbocycles. The summed E-state index contributed by atoms with van der Waals surface area (Å²) in [5.74, 6) is 0.773. The lowest BCUT2D eigenvalue weighted by atomic mass is 10.1. The first-order valence-corrected chi connectivity index (χ1v) is 6.77. The minimum atomic E-state index is 0.211. The van der Waals surface area contributed by atoms with E-state index in [1.165, 1.54) is 24.8 Å². The number of methoxy groups -OCH3 is 1. The van der Waals surface area contributed by atoms with Gasteiger partial charge in [-0.1, -0.05) is 13.0 Å². The van der Waals surface area contributed by atoms with Gasteiger partial charge >= 0.3 is 0 Å². The minimum absolute atomic E-state index is 0.211. The first kappa shape index (κ1) is 13.2. The number of phenolic OH excluding ortho intramolecular Hbond substituents is 1. The lowest BCUT2D eigenvalue weighted by Crippen LogP contribution is -2.33. The van der Waals surface area contributed by atoms with E-state index >= 15 is 0 Å². The van der Waals surface area contributed by atoms with Crippen LogP contribution in [0.3, 0.4) is 0 Å². The molecule has 0 saturated carbocycles. The summed E-state index contributed by atoms with van der Waals surface area (Å²) in [5.41, 5.74) is 1.21. The van der Waals surface area contributed by atoms with E-state index in [-0.39, 0.29) is 5.75 Å². The van der Waals surface area contributed by atoms with Crippen molar-refractivity contribution >= 4 is 0 Å². The van der Waals surface area contributed by atoms with Crippen molar-refractivity contribution in [2.45, 2.75) is 51.7 Å². The van der Waals surface area contributed by atoms with E-state index in [0.717, 1.165) is 6.54 Å². The average molecular weight is 249 g/mol. The fraction of sp³-hybridized carbons (Fsp3) is 0.600. The van der Waals surface area contributed by atoms with Gasteiger partial charge < -0.3 is 9.84 Å². The Balaban J connectivity index is 2.13. The van der Waals surface area contributed by atoms with E-state index < -0.39 is 0 Å². The van der Waals surface area contributed by atoms with Crippen molar-refractivity contribution in [1.82, 2.24) is 4.90 Å². The highest BCUT2D eigenvalue weighted by Gasteiger charge is 2.29. The smallest absolute Gasteiger partial charge is 0.160 e. The first-order chi connectivity index (χ1) is 8.65. The van der Waals surface area contributed by atoms with Crippen molar-refractivity contribution in [3.63, 3.8) is 0 Å². The molecule has 1 aromatic rings. The van der Waals surface area contributed by atoms with E-state index in [1.807, 2.05) is 12.1 Å². The van der Waals surface area contributed by atoms with Crippen LogP contribution in [0, 0.1) is 0 Å². The van der Waals surface area contributed by atoms with Crippen LogP contribution in [0.1, 0.15) is 38.7 Å². The molecule has 0 spiro atoms. The number of ether oxygens (including phenoxy) is 1. The van der Waals surface area contributed by atoms with Gasteiger partial charge in [-0.15, -0.1) is 0 Å². The predicted molar refractivity (Wildman–Crippen MR) is 73.0 cm³/mol. The van der Waals surface area contributed by atoms with E-state index in [9.17, 15) is 5.11 Å². The van der Waals surface area contributed by atoms with Crippen LogP contribution in [-0.4, -0.2) is 29.2 Å². The largest absolute Gasteiger partial charge is 0.504 e. The molecular formula is C15H23NO2. The Kier molecular flexibility index (Phi) is 4.12. The maximum atomic E-state index is 9.61. The Morgan fingerprint density at radius 2 is 2.17 bits per heavy atom. The molecule has 3 heteroatoms. The minimum Gasteiger partial charge on any atom is -0.504 e. The van der Waals surface area contributed by atoms with Crippen molar-refractivity contribution in [3.05, 3.63) is 23.8 Å². The number of benzene rings is 1. The highest BCUT2D eigenvalue weighted by atomic mass is 16.5. The second-order valence-electron chi connectivity index (χ2n) is 5.17. The quantitative estimate of drug-likeness (QED) is 0.889. The van der Waals surface area contributed by atoms with Crippen LogP contribution in [0.2, 0.25) is 0 Å². The molecule has 1 aliphatic heterocycles. The van der Waals surface area contributed by atoms with E-state index in [1.54, 1.807) is 13.2 Å². The van der Waals surface area contributed by atoms with Crippen LogP contribution in [0.15, 0.2) is 18.2 Å². The summed E-state index contributed by atoms with van der Waals surface area (Å²) in [5, 5.41) is 9.61. The maximum absolute atomic E-state index is 9.61. The van der Waals surface area contributed by atoms with Crippen LogP contribution >= 0.6 is 0 Å². The van der Waals surface area contributed by atoms with Crippen molar-refractivity contribution < 1.29 is 9.84 Å². The van der Waals surface area contributed by atoms with Gasteiger partial charge in [-0.05, 0) is 43.9 Å². The maximum Gasteiger partial charge on any atom is 0.160 e. The normalized spacial score (nSPS) is 24.4. The molecule has 18 heavy (non-hydrogen) atoms. The summed E-state index contributed by atoms with van der Waals surface area (Å²) in [6.07, 6.45) is 3.79. The molecule has 0 bridgehead atoms. The van der Waals surface area contributed by atoms with Gasteiger partial charge in [0.25, 0.3) is 0 Å². The third-order valence-electron chi connectivity index (χ3n) is 4.03. The summed E-state index contributed by atoms with van der Waals surface area (Å²) >= 11 is 0. The summed E-state index contributed by atoms with van der Waals surface area (Å²) in [4.78, 5) is 2.56. The van der Waals surface area contributed by atoms with Gasteiger partial charge in [0.2, 0.25) is 0 Å². The number of rotatable bonds is 4. The molecule has 100 valence electrons. The van der Waals surface area contributed by atoms with Gasteiger partial charge in [0.1, 0.15) is 0 Å². The molecule has 2 atom stereocenters. The molecular weight excluding hydrogens is 226 g/mol. The summed E-state index contributed by atoms with van der Waals surface area (Å²) < 4.78 is 5.16. The second-order valence-corrected chi connectivity index (χ2v) is 5.17. The van der Waals surface area contributed by atoms with Gasteiger partial charge in [-0.3, -0.25) is 4.90 Å². The molecule has 2 rings (SSSR count). The fourth-order valence-electron chi connectivity index (χ4n) is 2.88. The van der Waals surface area contributed by atoms with Crippen LogP contribution in [0.25, 0.3) is 0 Å². The lowest BCUT2D eigenvalue weighted by molar-refractivity contribution is 0.189. The summed E-state index contributed by atoms with van der Waals surface area (Å²) in [6.45, 7) is 5.50. The van der Waals surface area contributed by atoms with Crippen LogP contribution < -0.4 is 4.74 Å². The Bertz CT molecular complexity index is 405. The zero-order chi connectivity index (χ0) is 13.1.